The average Bonchev–Trinajstić information content (AvgIpc) is 3.02. The predicted molar refractivity (Wildman–Crippen MR) is 91.7 cm³/mol. The average molecular weight is 342 g/mol. The van der Waals surface area contributed by atoms with Crippen molar-refractivity contribution < 1.29 is 18.7 Å². The Hall–Kier alpha value is -2.89. The van der Waals surface area contributed by atoms with Gasteiger partial charge in [0.15, 0.2) is 0 Å². The lowest BCUT2D eigenvalue weighted by Crippen LogP contribution is -2.44. The minimum atomic E-state index is -0.590. The van der Waals surface area contributed by atoms with E-state index in [0.29, 0.717) is 30.8 Å². The van der Waals surface area contributed by atoms with Gasteiger partial charge >= 0.3 is 0 Å². The van der Waals surface area contributed by atoms with Crippen molar-refractivity contribution in [3.05, 3.63) is 59.9 Å². The largest absolute Gasteiger partial charge is 0.496 e. The van der Waals surface area contributed by atoms with E-state index in [0.717, 1.165) is 5.56 Å². The van der Waals surface area contributed by atoms with Crippen LogP contribution in [0.3, 0.4) is 0 Å². The zero-order valence-corrected chi connectivity index (χ0v) is 13.9. The van der Waals surface area contributed by atoms with Gasteiger partial charge in [-0.3, -0.25) is 14.5 Å². The molecule has 0 spiro atoms. The Morgan fingerprint density at radius 2 is 1.96 bits per heavy atom. The number of rotatable bonds is 5. The highest BCUT2D eigenvalue weighted by Crippen LogP contribution is 2.27. The molecule has 0 aliphatic carbocycles. The van der Waals surface area contributed by atoms with Gasteiger partial charge < -0.3 is 10.1 Å². The maximum absolute atomic E-state index is 13.1. The lowest BCUT2D eigenvalue weighted by Gasteiger charge is -2.24. The number of anilines is 1. The third kappa shape index (κ3) is 3.63. The number of halogens is 1. The van der Waals surface area contributed by atoms with Gasteiger partial charge in [-0.25, -0.2) is 4.39 Å². The molecule has 130 valence electrons. The summed E-state index contributed by atoms with van der Waals surface area (Å²) in [5.74, 6) is -0.0570. The molecule has 6 heteroatoms. The predicted octanol–water partition coefficient (Wildman–Crippen LogP) is 2.65. The lowest BCUT2D eigenvalue weighted by molar-refractivity contribution is -0.124. The number of para-hydroxylation sites is 1. The first-order chi connectivity index (χ1) is 12.1. The standard InChI is InChI=1S/C19H19FN2O3/c1-25-17-5-3-2-4-13(17)12-21-19(24)16-10-11-18(23)22(16)15-8-6-14(20)7-9-15/h2-9,16H,10-12H2,1H3,(H,21,24). The van der Waals surface area contributed by atoms with Gasteiger partial charge in [0, 0.05) is 24.2 Å². The van der Waals surface area contributed by atoms with E-state index in [1.54, 1.807) is 7.11 Å². The summed E-state index contributed by atoms with van der Waals surface area (Å²) in [6.45, 7) is 0.310. The molecular formula is C19H19FN2O3. The number of nitrogens with one attached hydrogen (secondary N) is 1. The highest BCUT2D eigenvalue weighted by molar-refractivity contribution is 6.03. The molecule has 2 amide bonds. The van der Waals surface area contributed by atoms with Crippen LogP contribution in [0.4, 0.5) is 10.1 Å². The smallest absolute Gasteiger partial charge is 0.243 e. The van der Waals surface area contributed by atoms with E-state index < -0.39 is 6.04 Å². The van der Waals surface area contributed by atoms with Crippen LogP contribution in [0.2, 0.25) is 0 Å². The van der Waals surface area contributed by atoms with Gasteiger partial charge in [0.1, 0.15) is 17.6 Å². The number of carbonyl (C=O) groups is 2. The molecule has 25 heavy (non-hydrogen) atoms. The fourth-order valence-electron chi connectivity index (χ4n) is 3.01. The van der Waals surface area contributed by atoms with E-state index in [-0.39, 0.29) is 17.6 Å². The summed E-state index contributed by atoms with van der Waals surface area (Å²) < 4.78 is 18.4. The van der Waals surface area contributed by atoms with Gasteiger partial charge in [0.2, 0.25) is 11.8 Å². The van der Waals surface area contributed by atoms with Crippen molar-refractivity contribution in [1.29, 1.82) is 0 Å². The van der Waals surface area contributed by atoms with Crippen LogP contribution in [0.5, 0.6) is 5.75 Å². The van der Waals surface area contributed by atoms with Crippen LogP contribution in [-0.4, -0.2) is 25.0 Å². The van der Waals surface area contributed by atoms with E-state index in [1.165, 1.54) is 29.2 Å². The molecule has 3 rings (SSSR count). The molecule has 1 saturated heterocycles. The number of amides is 2. The van der Waals surface area contributed by atoms with Gasteiger partial charge in [-0.15, -0.1) is 0 Å². The van der Waals surface area contributed by atoms with Crippen LogP contribution < -0.4 is 15.0 Å². The van der Waals surface area contributed by atoms with E-state index in [2.05, 4.69) is 5.32 Å². The molecule has 1 heterocycles. The van der Waals surface area contributed by atoms with E-state index in [9.17, 15) is 14.0 Å². The molecule has 1 fully saturated rings. The van der Waals surface area contributed by atoms with Crippen LogP contribution in [0.15, 0.2) is 48.5 Å². The zero-order chi connectivity index (χ0) is 17.8. The molecule has 1 unspecified atom stereocenters. The van der Waals surface area contributed by atoms with Crippen LogP contribution >= 0.6 is 0 Å². The number of carbonyl (C=O) groups excluding carboxylic acids is 2. The van der Waals surface area contributed by atoms with Crippen molar-refractivity contribution in [2.75, 3.05) is 12.0 Å². The monoisotopic (exact) mass is 342 g/mol. The van der Waals surface area contributed by atoms with Crippen LogP contribution in [0.25, 0.3) is 0 Å². The third-order valence-electron chi connectivity index (χ3n) is 4.27. The molecule has 0 aromatic heterocycles. The Balaban J connectivity index is 1.72. The van der Waals surface area contributed by atoms with Crippen molar-refractivity contribution in [2.24, 2.45) is 0 Å². The molecule has 2 aromatic carbocycles. The summed E-state index contributed by atoms with van der Waals surface area (Å²) in [6, 6.07) is 12.4. The Labute approximate surface area is 145 Å². The maximum atomic E-state index is 13.1. The van der Waals surface area contributed by atoms with Gasteiger partial charge in [-0.05, 0) is 36.8 Å². The quantitative estimate of drug-likeness (QED) is 0.909. The second-order valence-electron chi connectivity index (χ2n) is 5.82. The number of nitrogens with zero attached hydrogens (tertiary/aromatic N) is 1. The Bertz CT molecular complexity index is 776. The first-order valence-corrected chi connectivity index (χ1v) is 8.07. The lowest BCUT2D eigenvalue weighted by atomic mass is 10.1. The Morgan fingerprint density at radius 3 is 2.68 bits per heavy atom. The van der Waals surface area contributed by atoms with Crippen molar-refractivity contribution in [2.45, 2.75) is 25.4 Å². The van der Waals surface area contributed by atoms with Gasteiger partial charge in [-0.1, -0.05) is 18.2 Å². The second-order valence-corrected chi connectivity index (χ2v) is 5.82. The number of benzene rings is 2. The first-order valence-electron chi connectivity index (χ1n) is 8.07. The summed E-state index contributed by atoms with van der Waals surface area (Å²) in [7, 11) is 1.58. The number of hydrogen-bond donors (Lipinski definition) is 1. The molecule has 2 aromatic rings. The SMILES string of the molecule is COc1ccccc1CNC(=O)C1CCC(=O)N1c1ccc(F)cc1. The molecule has 0 saturated carbocycles. The summed E-state index contributed by atoms with van der Waals surface area (Å²) in [5, 5.41) is 2.86. The molecule has 1 aliphatic heterocycles. The number of hydrogen-bond acceptors (Lipinski definition) is 3. The fourth-order valence-corrected chi connectivity index (χ4v) is 3.01. The van der Waals surface area contributed by atoms with Crippen molar-refractivity contribution >= 4 is 17.5 Å². The van der Waals surface area contributed by atoms with Crippen LogP contribution in [0, 0.1) is 5.82 Å². The van der Waals surface area contributed by atoms with Crippen molar-refractivity contribution in [3.8, 4) is 5.75 Å². The summed E-state index contributed by atoms with van der Waals surface area (Å²) in [6.07, 6.45) is 0.734. The van der Waals surface area contributed by atoms with E-state index in [4.69, 9.17) is 4.74 Å². The van der Waals surface area contributed by atoms with Crippen LogP contribution in [-0.2, 0) is 16.1 Å². The molecule has 1 N–H and O–H groups in total. The topological polar surface area (TPSA) is 58.6 Å². The minimum Gasteiger partial charge on any atom is -0.496 e. The number of ether oxygens (including phenoxy) is 1. The highest BCUT2D eigenvalue weighted by Gasteiger charge is 2.36. The van der Waals surface area contributed by atoms with E-state index in [1.807, 2.05) is 24.3 Å². The molecule has 1 aliphatic rings. The van der Waals surface area contributed by atoms with E-state index >= 15 is 0 Å². The van der Waals surface area contributed by atoms with Gasteiger partial charge in [0.25, 0.3) is 0 Å². The van der Waals surface area contributed by atoms with Crippen molar-refractivity contribution in [1.82, 2.24) is 5.32 Å². The summed E-state index contributed by atoms with van der Waals surface area (Å²) in [4.78, 5) is 26.2. The molecular weight excluding hydrogens is 323 g/mol. The highest BCUT2D eigenvalue weighted by atomic mass is 19.1. The zero-order valence-electron chi connectivity index (χ0n) is 13.9. The first kappa shape index (κ1) is 17.0. The summed E-state index contributed by atoms with van der Waals surface area (Å²) >= 11 is 0. The van der Waals surface area contributed by atoms with Gasteiger partial charge in [0.05, 0.1) is 7.11 Å². The number of methoxy groups -OCH3 is 1. The second kappa shape index (κ2) is 7.34. The molecule has 1 atom stereocenters. The molecule has 0 radical (unpaired) electrons. The minimum absolute atomic E-state index is 0.135. The Morgan fingerprint density at radius 1 is 1.24 bits per heavy atom. The normalized spacial score (nSPS) is 16.8. The van der Waals surface area contributed by atoms with Gasteiger partial charge in [-0.2, -0.15) is 0 Å². The van der Waals surface area contributed by atoms with Crippen molar-refractivity contribution in [3.63, 3.8) is 0 Å². The Kier molecular flexibility index (Phi) is 4.97. The summed E-state index contributed by atoms with van der Waals surface area (Å²) in [5.41, 5.74) is 1.39. The third-order valence-corrected chi connectivity index (χ3v) is 4.27. The van der Waals surface area contributed by atoms with Crippen LogP contribution in [0.1, 0.15) is 18.4 Å². The molecule has 5 nitrogen and oxygen atoms in total. The molecule has 0 bridgehead atoms. The maximum Gasteiger partial charge on any atom is 0.243 e. The fraction of sp³-hybridized carbons (Fsp3) is 0.263.